The Bertz CT molecular complexity index is 1310. The summed E-state index contributed by atoms with van der Waals surface area (Å²) in [4.78, 5) is 32.6. The van der Waals surface area contributed by atoms with Gasteiger partial charge in [0.25, 0.3) is 0 Å². The highest BCUT2D eigenvalue weighted by Crippen LogP contribution is 2.37. The molecule has 0 aliphatic carbocycles. The fourth-order valence-electron chi connectivity index (χ4n) is 5.38. The number of fused-ring (bicyclic) bond motifs is 4. The number of nitrogens with zero attached hydrogens (tertiary/aromatic N) is 5. The minimum Gasteiger partial charge on any atom is -0.369 e. The van der Waals surface area contributed by atoms with Crippen molar-refractivity contribution < 1.29 is 9.59 Å². The van der Waals surface area contributed by atoms with Crippen molar-refractivity contribution in [2.24, 2.45) is 11.7 Å². The highest BCUT2D eigenvalue weighted by atomic mass is 16.1. The van der Waals surface area contributed by atoms with E-state index in [4.69, 9.17) is 10.7 Å². The quantitative estimate of drug-likeness (QED) is 0.597. The molecule has 0 radical (unpaired) electrons. The van der Waals surface area contributed by atoms with Gasteiger partial charge in [0.15, 0.2) is 5.65 Å². The third-order valence-corrected chi connectivity index (χ3v) is 7.10. The molecule has 0 spiro atoms. The first-order chi connectivity index (χ1) is 16.5. The van der Waals surface area contributed by atoms with E-state index in [1.165, 1.54) is 6.92 Å². The van der Waals surface area contributed by atoms with Crippen LogP contribution in [-0.2, 0) is 22.6 Å². The van der Waals surface area contributed by atoms with E-state index < -0.39 is 0 Å². The van der Waals surface area contributed by atoms with E-state index in [9.17, 15) is 14.9 Å². The number of imidazole rings is 1. The molecule has 9 nitrogen and oxygen atoms in total. The van der Waals surface area contributed by atoms with E-state index in [1.807, 2.05) is 24.3 Å². The van der Waals surface area contributed by atoms with Crippen molar-refractivity contribution in [3.63, 3.8) is 0 Å². The standard InChI is InChI=1S/C25H29N7O2/c1-16(33)28-9-13-30-10-8-18-19(14-26)24-29-21-4-2-3-5-22(21)32(24)25(20(18)15-30)31-11-6-17(7-12-31)23(27)34/h2-5,17H,6-13,15H2,1H3,(H2,27,34)(H,28,33). The van der Waals surface area contributed by atoms with E-state index >= 15 is 0 Å². The summed E-state index contributed by atoms with van der Waals surface area (Å²) in [5.74, 6) is 0.692. The SMILES string of the molecule is CC(=O)NCCN1CCc2c(c(N3CCC(C(N)=O)CC3)n3c(nc4ccccc43)c2C#N)C1. The second-order valence-corrected chi connectivity index (χ2v) is 9.20. The van der Waals surface area contributed by atoms with Crippen LogP contribution in [0.25, 0.3) is 16.7 Å². The van der Waals surface area contributed by atoms with Gasteiger partial charge in [-0.3, -0.25) is 18.9 Å². The lowest BCUT2D eigenvalue weighted by Gasteiger charge is -2.38. The number of rotatable bonds is 5. The van der Waals surface area contributed by atoms with Gasteiger partial charge in [0.2, 0.25) is 11.8 Å². The van der Waals surface area contributed by atoms with Crippen LogP contribution in [0.2, 0.25) is 0 Å². The first-order valence-corrected chi connectivity index (χ1v) is 11.8. The molecule has 0 atom stereocenters. The lowest BCUT2D eigenvalue weighted by atomic mass is 9.93. The van der Waals surface area contributed by atoms with Crippen molar-refractivity contribution in [3.05, 3.63) is 41.0 Å². The molecule has 1 fully saturated rings. The topological polar surface area (TPSA) is 120 Å². The Balaban J connectivity index is 1.64. The second-order valence-electron chi connectivity index (χ2n) is 9.20. The summed E-state index contributed by atoms with van der Waals surface area (Å²) in [5.41, 5.74) is 11.0. The number of anilines is 1. The van der Waals surface area contributed by atoms with Gasteiger partial charge >= 0.3 is 0 Å². The van der Waals surface area contributed by atoms with Crippen molar-refractivity contribution in [2.45, 2.75) is 32.7 Å². The molecule has 2 aromatic heterocycles. The molecular weight excluding hydrogens is 430 g/mol. The van der Waals surface area contributed by atoms with E-state index in [2.05, 4.69) is 25.6 Å². The molecule has 9 heteroatoms. The Kier molecular flexibility index (Phi) is 5.84. The molecule has 3 N–H and O–H groups in total. The average Bonchev–Trinajstić information content (AvgIpc) is 3.21. The van der Waals surface area contributed by atoms with Crippen LogP contribution in [0.4, 0.5) is 5.82 Å². The number of nitrogens with two attached hydrogens (primary N) is 1. The summed E-state index contributed by atoms with van der Waals surface area (Å²) in [6.45, 7) is 5.81. The smallest absolute Gasteiger partial charge is 0.220 e. The highest BCUT2D eigenvalue weighted by molar-refractivity contribution is 5.86. The maximum Gasteiger partial charge on any atom is 0.220 e. The van der Waals surface area contributed by atoms with E-state index in [0.29, 0.717) is 37.1 Å². The summed E-state index contributed by atoms with van der Waals surface area (Å²) in [7, 11) is 0. The van der Waals surface area contributed by atoms with Crippen LogP contribution in [0.15, 0.2) is 24.3 Å². The molecular formula is C25H29N7O2. The van der Waals surface area contributed by atoms with Crippen LogP contribution in [-0.4, -0.2) is 58.8 Å². The zero-order valence-corrected chi connectivity index (χ0v) is 19.4. The van der Waals surface area contributed by atoms with Crippen LogP contribution >= 0.6 is 0 Å². The number of carbonyl (C=O) groups is 2. The molecule has 176 valence electrons. The molecule has 2 aliphatic rings. The van der Waals surface area contributed by atoms with Crippen LogP contribution < -0.4 is 16.0 Å². The molecule has 5 rings (SSSR count). The Hall–Kier alpha value is -3.64. The van der Waals surface area contributed by atoms with E-state index in [1.54, 1.807) is 0 Å². The van der Waals surface area contributed by atoms with Crippen molar-refractivity contribution in [1.82, 2.24) is 19.6 Å². The number of primary amides is 1. The van der Waals surface area contributed by atoms with Gasteiger partial charge in [-0.25, -0.2) is 4.98 Å². The Morgan fingerprint density at radius 1 is 1.21 bits per heavy atom. The molecule has 0 saturated carbocycles. The monoisotopic (exact) mass is 459 g/mol. The van der Waals surface area contributed by atoms with Crippen molar-refractivity contribution in [3.8, 4) is 6.07 Å². The Morgan fingerprint density at radius 3 is 2.68 bits per heavy atom. The van der Waals surface area contributed by atoms with Gasteiger partial charge in [-0.2, -0.15) is 5.26 Å². The molecule has 0 bridgehead atoms. The van der Waals surface area contributed by atoms with Crippen molar-refractivity contribution >= 4 is 34.3 Å². The van der Waals surface area contributed by atoms with Gasteiger partial charge in [0, 0.05) is 57.7 Å². The van der Waals surface area contributed by atoms with Gasteiger partial charge in [-0.1, -0.05) is 12.1 Å². The van der Waals surface area contributed by atoms with Crippen LogP contribution in [0.5, 0.6) is 0 Å². The van der Waals surface area contributed by atoms with Gasteiger partial charge in [-0.15, -0.1) is 0 Å². The molecule has 34 heavy (non-hydrogen) atoms. The fraction of sp³-hybridized carbons (Fsp3) is 0.440. The minimum atomic E-state index is -0.233. The summed E-state index contributed by atoms with van der Waals surface area (Å²) in [6.07, 6.45) is 2.18. The van der Waals surface area contributed by atoms with Gasteiger partial charge in [-0.05, 0) is 37.0 Å². The van der Waals surface area contributed by atoms with Crippen LogP contribution in [0, 0.1) is 17.2 Å². The molecule has 3 aromatic rings. The average molecular weight is 460 g/mol. The molecule has 1 saturated heterocycles. The number of piperidine rings is 1. The number of pyridine rings is 1. The van der Waals surface area contributed by atoms with Crippen molar-refractivity contribution in [1.29, 1.82) is 5.26 Å². The predicted molar refractivity (Wildman–Crippen MR) is 129 cm³/mol. The lowest BCUT2D eigenvalue weighted by molar-refractivity contribution is -0.122. The largest absolute Gasteiger partial charge is 0.369 e. The summed E-state index contributed by atoms with van der Waals surface area (Å²) in [6, 6.07) is 10.4. The molecule has 2 aliphatic heterocycles. The van der Waals surface area contributed by atoms with Gasteiger partial charge in [0.05, 0.1) is 16.6 Å². The van der Waals surface area contributed by atoms with E-state index in [0.717, 1.165) is 60.6 Å². The summed E-state index contributed by atoms with van der Waals surface area (Å²) >= 11 is 0. The second kappa shape index (κ2) is 8.95. The normalized spacial score (nSPS) is 17.0. The number of nitrogens with one attached hydrogen (secondary N) is 1. The molecule has 0 unspecified atom stereocenters. The Labute approximate surface area is 198 Å². The third kappa shape index (κ3) is 3.84. The summed E-state index contributed by atoms with van der Waals surface area (Å²) in [5, 5.41) is 13.0. The lowest BCUT2D eigenvalue weighted by Crippen LogP contribution is -2.42. The number of aromatic nitrogens is 2. The highest BCUT2D eigenvalue weighted by Gasteiger charge is 2.32. The molecule has 1 aromatic carbocycles. The van der Waals surface area contributed by atoms with Gasteiger partial charge in [0.1, 0.15) is 11.9 Å². The van der Waals surface area contributed by atoms with Crippen LogP contribution in [0.1, 0.15) is 36.5 Å². The van der Waals surface area contributed by atoms with E-state index in [-0.39, 0.29) is 17.7 Å². The molecule has 4 heterocycles. The zero-order valence-electron chi connectivity index (χ0n) is 19.4. The number of hydrogen-bond donors (Lipinski definition) is 2. The maximum atomic E-state index is 11.8. The van der Waals surface area contributed by atoms with Crippen LogP contribution in [0.3, 0.4) is 0 Å². The summed E-state index contributed by atoms with van der Waals surface area (Å²) < 4.78 is 2.13. The maximum absolute atomic E-state index is 11.8. The first kappa shape index (κ1) is 22.2. The third-order valence-electron chi connectivity index (χ3n) is 7.10. The Morgan fingerprint density at radius 2 is 1.97 bits per heavy atom. The van der Waals surface area contributed by atoms with Crippen molar-refractivity contribution in [2.75, 3.05) is 37.6 Å². The minimum absolute atomic E-state index is 0.0335. The number of para-hydroxylation sites is 2. The predicted octanol–water partition coefficient (Wildman–Crippen LogP) is 1.56. The number of benzene rings is 1. The fourth-order valence-corrected chi connectivity index (χ4v) is 5.38. The number of nitriles is 1. The number of hydrogen-bond acceptors (Lipinski definition) is 6. The number of carbonyl (C=O) groups excluding carboxylic acids is 2. The molecule has 2 amide bonds. The zero-order chi connectivity index (χ0) is 23.8. The first-order valence-electron chi connectivity index (χ1n) is 11.8. The van der Waals surface area contributed by atoms with Gasteiger partial charge < -0.3 is 16.0 Å². The number of amides is 2.